The van der Waals surface area contributed by atoms with E-state index < -0.39 is 0 Å². The van der Waals surface area contributed by atoms with E-state index in [4.69, 9.17) is 9.72 Å². The van der Waals surface area contributed by atoms with E-state index in [2.05, 4.69) is 29.1 Å². The maximum absolute atomic E-state index is 13.0. The van der Waals surface area contributed by atoms with Gasteiger partial charge in [-0.15, -0.1) is 0 Å². The van der Waals surface area contributed by atoms with Crippen LogP contribution in [0.2, 0.25) is 0 Å². The fourth-order valence-electron chi connectivity index (χ4n) is 4.47. The van der Waals surface area contributed by atoms with Crippen LogP contribution in [0.25, 0.3) is 11.4 Å². The number of fused-ring (bicyclic) bond motifs is 1. The van der Waals surface area contributed by atoms with Crippen LogP contribution in [0.1, 0.15) is 44.0 Å². The first kappa shape index (κ1) is 21.4. The van der Waals surface area contributed by atoms with Crippen LogP contribution in [0.15, 0.2) is 30.7 Å². The van der Waals surface area contributed by atoms with Gasteiger partial charge in [0.25, 0.3) is 0 Å². The number of pyridine rings is 1. The molecule has 0 bridgehead atoms. The Morgan fingerprint density at radius 1 is 1.32 bits per heavy atom. The lowest BCUT2D eigenvalue weighted by Gasteiger charge is -2.37. The highest BCUT2D eigenvalue weighted by atomic mass is 16.5. The Morgan fingerprint density at radius 3 is 2.84 bits per heavy atom. The Morgan fingerprint density at radius 2 is 2.10 bits per heavy atom. The van der Waals surface area contributed by atoms with Crippen LogP contribution in [0, 0.1) is 11.3 Å². The molecule has 1 N–H and O–H groups in total. The van der Waals surface area contributed by atoms with Gasteiger partial charge in [0.1, 0.15) is 0 Å². The molecule has 2 aromatic rings. The van der Waals surface area contributed by atoms with Gasteiger partial charge in [-0.05, 0) is 30.4 Å². The van der Waals surface area contributed by atoms with Crippen LogP contribution in [0.3, 0.4) is 0 Å². The molecular weight excluding hydrogens is 394 g/mol. The molecule has 1 aliphatic heterocycles. The van der Waals surface area contributed by atoms with E-state index in [0.29, 0.717) is 25.5 Å². The maximum Gasteiger partial charge on any atom is 0.225 e. The summed E-state index contributed by atoms with van der Waals surface area (Å²) in [4.78, 5) is 40.4. The second-order valence-corrected chi connectivity index (χ2v) is 9.17. The Labute approximate surface area is 182 Å². The van der Waals surface area contributed by atoms with Crippen molar-refractivity contribution in [3.8, 4) is 11.4 Å². The lowest BCUT2D eigenvalue weighted by molar-refractivity contribution is -0.129. The number of nitrogens with one attached hydrogen (secondary N) is 1. The van der Waals surface area contributed by atoms with Gasteiger partial charge in [-0.3, -0.25) is 14.6 Å². The highest BCUT2D eigenvalue weighted by Gasteiger charge is 2.38. The van der Waals surface area contributed by atoms with Gasteiger partial charge in [0, 0.05) is 56.3 Å². The van der Waals surface area contributed by atoms with Crippen molar-refractivity contribution in [1.82, 2.24) is 25.2 Å². The smallest absolute Gasteiger partial charge is 0.225 e. The zero-order valence-electron chi connectivity index (χ0n) is 18.3. The number of hydrogen-bond acceptors (Lipinski definition) is 6. The van der Waals surface area contributed by atoms with E-state index in [1.807, 2.05) is 18.3 Å². The third-order valence-corrected chi connectivity index (χ3v) is 6.08. The number of likely N-dealkylation sites (tertiary alicyclic amines) is 1. The first-order chi connectivity index (χ1) is 14.9. The summed E-state index contributed by atoms with van der Waals surface area (Å²) in [5.74, 6) is 0.251. The Balaban J connectivity index is 1.52. The SMILES string of the molecule is COCCN1C[C@H](C(=O)N[C@H]2CC(C)(C)Cc3nc(-c4ccncc4)ncc32)CC1=O. The van der Waals surface area contributed by atoms with Crippen LogP contribution in [0.5, 0.6) is 0 Å². The molecule has 1 fully saturated rings. The highest BCUT2D eigenvalue weighted by Crippen LogP contribution is 2.40. The van der Waals surface area contributed by atoms with Crippen molar-refractivity contribution in [3.63, 3.8) is 0 Å². The number of methoxy groups -OCH3 is 1. The van der Waals surface area contributed by atoms with E-state index in [-0.39, 0.29) is 35.6 Å². The molecule has 8 nitrogen and oxygen atoms in total. The van der Waals surface area contributed by atoms with Crippen molar-refractivity contribution >= 4 is 11.8 Å². The Bertz CT molecular complexity index is 963. The molecule has 2 atom stereocenters. The summed E-state index contributed by atoms with van der Waals surface area (Å²) in [6.07, 6.45) is 7.16. The van der Waals surface area contributed by atoms with Gasteiger partial charge < -0.3 is 15.0 Å². The number of hydrogen-bond donors (Lipinski definition) is 1. The zero-order valence-corrected chi connectivity index (χ0v) is 18.3. The van der Waals surface area contributed by atoms with Gasteiger partial charge in [-0.2, -0.15) is 0 Å². The molecular formula is C23H29N5O3. The van der Waals surface area contributed by atoms with Crippen LogP contribution in [-0.2, 0) is 20.7 Å². The van der Waals surface area contributed by atoms with E-state index in [9.17, 15) is 9.59 Å². The minimum absolute atomic E-state index is 0.00639. The molecule has 2 aromatic heterocycles. The van der Waals surface area contributed by atoms with E-state index in [1.54, 1.807) is 24.4 Å². The summed E-state index contributed by atoms with van der Waals surface area (Å²) >= 11 is 0. The lowest BCUT2D eigenvalue weighted by Crippen LogP contribution is -2.40. The van der Waals surface area contributed by atoms with Gasteiger partial charge in [0.2, 0.25) is 11.8 Å². The number of nitrogens with zero attached hydrogens (tertiary/aromatic N) is 4. The molecule has 4 rings (SSSR count). The van der Waals surface area contributed by atoms with E-state index in [0.717, 1.165) is 29.7 Å². The van der Waals surface area contributed by atoms with Crippen molar-refractivity contribution in [1.29, 1.82) is 0 Å². The number of aromatic nitrogens is 3. The molecule has 2 aliphatic rings. The van der Waals surface area contributed by atoms with Crippen molar-refractivity contribution in [2.24, 2.45) is 11.3 Å². The third kappa shape index (κ3) is 4.74. The topological polar surface area (TPSA) is 97.3 Å². The molecule has 8 heteroatoms. The first-order valence-corrected chi connectivity index (χ1v) is 10.7. The second kappa shape index (κ2) is 8.70. The standard InChI is InChI=1S/C23H29N5O3/c1-23(2)11-18-17(13-25-21(26-18)15-4-6-24-7-5-15)19(12-23)27-22(30)16-10-20(29)28(14-16)8-9-31-3/h4-7,13,16,19H,8-12,14H2,1-3H3,(H,27,30)/t16-,19+/m1/s1. The fraction of sp³-hybridized carbons (Fsp3) is 0.522. The van der Waals surface area contributed by atoms with E-state index >= 15 is 0 Å². The van der Waals surface area contributed by atoms with Gasteiger partial charge in [-0.1, -0.05) is 13.8 Å². The predicted octanol–water partition coefficient (Wildman–Crippen LogP) is 2.16. The summed E-state index contributed by atoms with van der Waals surface area (Å²) in [6, 6.07) is 3.61. The molecule has 0 saturated carbocycles. The number of amides is 2. The summed E-state index contributed by atoms with van der Waals surface area (Å²) in [5.41, 5.74) is 2.84. The summed E-state index contributed by atoms with van der Waals surface area (Å²) in [7, 11) is 1.61. The Hall–Kier alpha value is -2.87. The van der Waals surface area contributed by atoms with Crippen molar-refractivity contribution < 1.29 is 14.3 Å². The van der Waals surface area contributed by atoms with Gasteiger partial charge >= 0.3 is 0 Å². The van der Waals surface area contributed by atoms with Crippen molar-refractivity contribution in [2.45, 2.75) is 39.2 Å². The monoisotopic (exact) mass is 423 g/mol. The molecule has 164 valence electrons. The van der Waals surface area contributed by atoms with Crippen LogP contribution in [0.4, 0.5) is 0 Å². The van der Waals surface area contributed by atoms with Crippen molar-refractivity contribution in [2.75, 3.05) is 26.8 Å². The quantitative estimate of drug-likeness (QED) is 0.765. The largest absolute Gasteiger partial charge is 0.383 e. The summed E-state index contributed by atoms with van der Waals surface area (Å²) in [6.45, 7) is 5.81. The van der Waals surface area contributed by atoms with Gasteiger partial charge in [0.15, 0.2) is 5.82 Å². The Kier molecular flexibility index (Phi) is 6.00. The molecule has 1 aliphatic carbocycles. The number of carbonyl (C=O) groups excluding carboxylic acids is 2. The zero-order chi connectivity index (χ0) is 22.0. The molecule has 3 heterocycles. The lowest BCUT2D eigenvalue weighted by atomic mass is 9.74. The highest BCUT2D eigenvalue weighted by molar-refractivity contribution is 5.89. The third-order valence-electron chi connectivity index (χ3n) is 6.08. The fourth-order valence-corrected chi connectivity index (χ4v) is 4.47. The van der Waals surface area contributed by atoms with Gasteiger partial charge in [-0.25, -0.2) is 9.97 Å². The maximum atomic E-state index is 13.0. The molecule has 0 spiro atoms. The molecule has 0 unspecified atom stereocenters. The molecule has 31 heavy (non-hydrogen) atoms. The van der Waals surface area contributed by atoms with Gasteiger partial charge in [0.05, 0.1) is 24.3 Å². The summed E-state index contributed by atoms with van der Waals surface area (Å²) in [5, 5.41) is 3.19. The molecule has 0 aromatic carbocycles. The minimum atomic E-state index is -0.338. The minimum Gasteiger partial charge on any atom is -0.383 e. The van der Waals surface area contributed by atoms with E-state index in [1.165, 1.54) is 0 Å². The van der Waals surface area contributed by atoms with Crippen LogP contribution >= 0.6 is 0 Å². The van der Waals surface area contributed by atoms with Crippen LogP contribution in [-0.4, -0.2) is 58.5 Å². The summed E-state index contributed by atoms with van der Waals surface area (Å²) < 4.78 is 5.06. The number of carbonyl (C=O) groups is 2. The van der Waals surface area contributed by atoms with Crippen LogP contribution < -0.4 is 5.32 Å². The number of rotatable bonds is 6. The predicted molar refractivity (Wildman–Crippen MR) is 115 cm³/mol. The first-order valence-electron chi connectivity index (χ1n) is 10.7. The average Bonchev–Trinajstić information content (AvgIpc) is 3.12. The van der Waals surface area contributed by atoms with Crippen molar-refractivity contribution in [3.05, 3.63) is 42.0 Å². The molecule has 2 amide bonds. The normalized spacial score (nSPS) is 22.3. The second-order valence-electron chi connectivity index (χ2n) is 9.17. The molecule has 0 radical (unpaired) electrons. The molecule has 1 saturated heterocycles. The number of ether oxygens (including phenoxy) is 1. The average molecular weight is 424 g/mol.